The van der Waals surface area contributed by atoms with E-state index in [0.29, 0.717) is 23.8 Å². The minimum Gasteiger partial charge on any atom is -0.466 e. The molecule has 0 fully saturated rings. The molecule has 0 spiro atoms. The zero-order chi connectivity index (χ0) is 13.9. The zero-order valence-electron chi connectivity index (χ0n) is 12.0. The number of rotatable bonds is 5. The molecule has 102 valence electrons. The van der Waals surface area contributed by atoms with Gasteiger partial charge in [0, 0.05) is 18.2 Å². The molecule has 1 heterocycles. The van der Waals surface area contributed by atoms with E-state index >= 15 is 0 Å². The zero-order valence-corrected chi connectivity index (χ0v) is 12.0. The van der Waals surface area contributed by atoms with Gasteiger partial charge in [-0.15, -0.1) is 0 Å². The van der Waals surface area contributed by atoms with Crippen molar-refractivity contribution in [3.63, 3.8) is 0 Å². The Kier molecular flexibility index (Phi) is 4.96. The SMILES string of the molecule is Cc1oc(C)c(C(=O)NCC(N)CC(C)C)c1C. The maximum Gasteiger partial charge on any atom is 0.255 e. The Balaban J connectivity index is 2.61. The summed E-state index contributed by atoms with van der Waals surface area (Å²) in [5, 5.41) is 2.88. The molecule has 1 amide bonds. The highest BCUT2D eigenvalue weighted by atomic mass is 16.3. The summed E-state index contributed by atoms with van der Waals surface area (Å²) >= 11 is 0. The van der Waals surface area contributed by atoms with Gasteiger partial charge in [0.05, 0.1) is 5.56 Å². The second-order valence-electron chi connectivity index (χ2n) is 5.31. The van der Waals surface area contributed by atoms with Crippen LogP contribution in [-0.4, -0.2) is 18.5 Å². The summed E-state index contributed by atoms with van der Waals surface area (Å²) in [7, 11) is 0. The van der Waals surface area contributed by atoms with Crippen LogP contribution >= 0.6 is 0 Å². The van der Waals surface area contributed by atoms with Crippen molar-refractivity contribution in [2.45, 2.75) is 47.1 Å². The first-order valence-corrected chi connectivity index (χ1v) is 6.43. The lowest BCUT2D eigenvalue weighted by Crippen LogP contribution is -2.38. The molecule has 1 rings (SSSR count). The van der Waals surface area contributed by atoms with Crippen molar-refractivity contribution in [1.82, 2.24) is 5.32 Å². The predicted octanol–water partition coefficient (Wildman–Crippen LogP) is 2.31. The number of carbonyl (C=O) groups is 1. The minimum atomic E-state index is -0.0962. The average molecular weight is 252 g/mol. The van der Waals surface area contributed by atoms with Crippen LogP contribution < -0.4 is 11.1 Å². The molecular weight excluding hydrogens is 228 g/mol. The van der Waals surface area contributed by atoms with Crippen LogP contribution in [0.1, 0.15) is 47.7 Å². The topological polar surface area (TPSA) is 68.3 Å². The number of hydrogen-bond donors (Lipinski definition) is 2. The first-order chi connectivity index (χ1) is 8.32. The van der Waals surface area contributed by atoms with Gasteiger partial charge in [-0.05, 0) is 33.1 Å². The molecule has 0 aromatic carbocycles. The monoisotopic (exact) mass is 252 g/mol. The lowest BCUT2D eigenvalue weighted by molar-refractivity contribution is 0.0948. The van der Waals surface area contributed by atoms with Crippen molar-refractivity contribution in [2.24, 2.45) is 11.7 Å². The number of nitrogens with one attached hydrogen (secondary N) is 1. The van der Waals surface area contributed by atoms with Crippen LogP contribution in [-0.2, 0) is 0 Å². The molecule has 18 heavy (non-hydrogen) atoms. The summed E-state index contributed by atoms with van der Waals surface area (Å²) in [5.74, 6) is 1.90. The molecule has 1 aromatic rings. The molecule has 0 aliphatic carbocycles. The molecule has 3 N–H and O–H groups in total. The van der Waals surface area contributed by atoms with Gasteiger partial charge >= 0.3 is 0 Å². The van der Waals surface area contributed by atoms with Crippen molar-refractivity contribution in [3.8, 4) is 0 Å². The normalized spacial score (nSPS) is 12.8. The number of furan rings is 1. The van der Waals surface area contributed by atoms with E-state index in [4.69, 9.17) is 10.2 Å². The molecular formula is C14H24N2O2. The van der Waals surface area contributed by atoms with E-state index in [9.17, 15) is 4.79 Å². The number of hydrogen-bond acceptors (Lipinski definition) is 3. The number of carbonyl (C=O) groups excluding carboxylic acids is 1. The lowest BCUT2D eigenvalue weighted by atomic mass is 10.0. The van der Waals surface area contributed by atoms with Gasteiger partial charge in [0.1, 0.15) is 11.5 Å². The molecule has 0 aliphatic rings. The summed E-state index contributed by atoms with van der Waals surface area (Å²) in [4.78, 5) is 12.1. The molecule has 1 atom stereocenters. The standard InChI is InChI=1S/C14H24N2O2/c1-8(2)6-12(15)7-16-14(17)13-9(3)10(4)18-11(13)5/h8,12H,6-7,15H2,1-5H3,(H,16,17). The Morgan fingerprint density at radius 3 is 2.33 bits per heavy atom. The van der Waals surface area contributed by atoms with E-state index in [-0.39, 0.29) is 11.9 Å². The second-order valence-corrected chi connectivity index (χ2v) is 5.31. The van der Waals surface area contributed by atoms with Gasteiger partial charge in [-0.1, -0.05) is 13.8 Å². The lowest BCUT2D eigenvalue weighted by Gasteiger charge is -2.14. The Hall–Kier alpha value is -1.29. The fraction of sp³-hybridized carbons (Fsp3) is 0.643. The molecule has 4 nitrogen and oxygen atoms in total. The number of aryl methyl sites for hydroxylation is 2. The maximum absolute atomic E-state index is 12.1. The van der Waals surface area contributed by atoms with Crippen molar-refractivity contribution in [2.75, 3.05) is 6.54 Å². The van der Waals surface area contributed by atoms with Gasteiger partial charge in [0.2, 0.25) is 0 Å². The van der Waals surface area contributed by atoms with Crippen LogP contribution in [0.4, 0.5) is 0 Å². The summed E-state index contributed by atoms with van der Waals surface area (Å²) in [6.45, 7) is 10.3. The van der Waals surface area contributed by atoms with Crippen LogP contribution in [0.15, 0.2) is 4.42 Å². The van der Waals surface area contributed by atoms with Gasteiger partial charge in [-0.25, -0.2) is 0 Å². The second kappa shape index (κ2) is 6.05. The van der Waals surface area contributed by atoms with Crippen LogP contribution in [0.3, 0.4) is 0 Å². The van der Waals surface area contributed by atoms with Gasteiger partial charge < -0.3 is 15.5 Å². The van der Waals surface area contributed by atoms with Gasteiger partial charge in [0.25, 0.3) is 5.91 Å². The first kappa shape index (κ1) is 14.8. The Bertz CT molecular complexity index is 422. The van der Waals surface area contributed by atoms with Gasteiger partial charge in [-0.2, -0.15) is 0 Å². The molecule has 0 saturated carbocycles. The van der Waals surface area contributed by atoms with Crippen LogP contribution in [0, 0.1) is 26.7 Å². The molecule has 1 aromatic heterocycles. The molecule has 4 heteroatoms. The third-order valence-corrected chi connectivity index (χ3v) is 3.09. The molecule has 0 radical (unpaired) electrons. The number of amides is 1. The highest BCUT2D eigenvalue weighted by molar-refractivity contribution is 5.96. The molecule has 0 saturated heterocycles. The summed E-state index contributed by atoms with van der Waals surface area (Å²) < 4.78 is 5.45. The minimum absolute atomic E-state index is 0.00237. The van der Waals surface area contributed by atoms with Gasteiger partial charge in [0.15, 0.2) is 0 Å². The fourth-order valence-corrected chi connectivity index (χ4v) is 2.13. The average Bonchev–Trinajstić information content (AvgIpc) is 2.49. The molecule has 0 bridgehead atoms. The fourth-order valence-electron chi connectivity index (χ4n) is 2.13. The van der Waals surface area contributed by atoms with Crippen molar-refractivity contribution < 1.29 is 9.21 Å². The number of nitrogens with two attached hydrogens (primary N) is 1. The molecule has 0 aliphatic heterocycles. The van der Waals surface area contributed by atoms with Crippen molar-refractivity contribution in [1.29, 1.82) is 0 Å². The summed E-state index contributed by atoms with van der Waals surface area (Å²) in [5.41, 5.74) is 7.49. The predicted molar refractivity (Wildman–Crippen MR) is 72.7 cm³/mol. The van der Waals surface area contributed by atoms with E-state index < -0.39 is 0 Å². The van der Waals surface area contributed by atoms with E-state index in [2.05, 4.69) is 19.2 Å². The van der Waals surface area contributed by atoms with Crippen LogP contribution in [0.25, 0.3) is 0 Å². The Morgan fingerprint density at radius 1 is 1.28 bits per heavy atom. The third-order valence-electron chi connectivity index (χ3n) is 3.09. The smallest absolute Gasteiger partial charge is 0.255 e. The van der Waals surface area contributed by atoms with Crippen LogP contribution in [0.5, 0.6) is 0 Å². The van der Waals surface area contributed by atoms with E-state index in [1.807, 2.05) is 20.8 Å². The van der Waals surface area contributed by atoms with E-state index in [0.717, 1.165) is 17.7 Å². The summed E-state index contributed by atoms with van der Waals surface area (Å²) in [6.07, 6.45) is 0.905. The third kappa shape index (κ3) is 3.60. The first-order valence-electron chi connectivity index (χ1n) is 6.43. The van der Waals surface area contributed by atoms with Crippen molar-refractivity contribution in [3.05, 3.63) is 22.6 Å². The van der Waals surface area contributed by atoms with E-state index in [1.54, 1.807) is 0 Å². The maximum atomic E-state index is 12.1. The van der Waals surface area contributed by atoms with Gasteiger partial charge in [-0.3, -0.25) is 4.79 Å². The van der Waals surface area contributed by atoms with Crippen LogP contribution in [0.2, 0.25) is 0 Å². The Labute approximate surface area is 109 Å². The highest BCUT2D eigenvalue weighted by Crippen LogP contribution is 2.20. The van der Waals surface area contributed by atoms with Crippen molar-refractivity contribution >= 4 is 5.91 Å². The molecule has 1 unspecified atom stereocenters. The highest BCUT2D eigenvalue weighted by Gasteiger charge is 2.18. The summed E-state index contributed by atoms with van der Waals surface area (Å²) in [6, 6.07) is 0.00237. The quantitative estimate of drug-likeness (QED) is 0.845. The van der Waals surface area contributed by atoms with E-state index in [1.165, 1.54) is 0 Å². The largest absolute Gasteiger partial charge is 0.466 e. The Morgan fingerprint density at radius 2 is 1.89 bits per heavy atom.